The smallest absolute Gasteiger partial charge is 0.263 e. The first-order valence-corrected chi connectivity index (χ1v) is 10.7. The number of imidazole rings is 1. The second-order valence-corrected chi connectivity index (χ2v) is 8.01. The predicted molar refractivity (Wildman–Crippen MR) is 127 cm³/mol. The molecule has 0 spiro atoms. The number of aromatic amines is 1. The first-order chi connectivity index (χ1) is 15.6. The van der Waals surface area contributed by atoms with E-state index in [2.05, 4.69) is 38.2 Å². The summed E-state index contributed by atoms with van der Waals surface area (Å²) in [4.78, 5) is 29.7. The molecular weight excluding hydrogens is 400 g/mol. The van der Waals surface area contributed by atoms with Crippen molar-refractivity contribution in [2.45, 2.75) is 33.2 Å². The van der Waals surface area contributed by atoms with E-state index in [1.165, 1.54) is 6.33 Å². The maximum atomic E-state index is 13.8. The summed E-state index contributed by atoms with van der Waals surface area (Å²) in [5.74, 6) is 0.659. The highest BCUT2D eigenvalue weighted by Gasteiger charge is 2.20. The molecule has 2 N–H and O–H groups in total. The van der Waals surface area contributed by atoms with Gasteiger partial charge < -0.3 is 10.3 Å². The van der Waals surface area contributed by atoms with Gasteiger partial charge in [0, 0.05) is 11.4 Å². The lowest BCUT2D eigenvalue weighted by atomic mass is 10.0. The molecule has 3 aromatic heterocycles. The Morgan fingerprint density at radius 1 is 1.06 bits per heavy atom. The number of rotatable bonds is 5. The summed E-state index contributed by atoms with van der Waals surface area (Å²) in [6.07, 6.45) is 3.85. The fourth-order valence-corrected chi connectivity index (χ4v) is 4.20. The number of hydrogen-bond donors (Lipinski definition) is 2. The van der Waals surface area contributed by atoms with Gasteiger partial charge in [-0.1, -0.05) is 42.8 Å². The van der Waals surface area contributed by atoms with Gasteiger partial charge in [0.15, 0.2) is 11.5 Å². The Hall–Kier alpha value is -4.00. The van der Waals surface area contributed by atoms with Gasteiger partial charge in [-0.05, 0) is 49.4 Å². The molecule has 1 atom stereocenters. The fraction of sp³-hybridized carbons (Fsp3) is 0.200. The van der Waals surface area contributed by atoms with Gasteiger partial charge in [-0.2, -0.15) is 0 Å². The van der Waals surface area contributed by atoms with Crippen molar-refractivity contribution in [1.82, 2.24) is 24.5 Å². The standard InChI is InChI=1S/C25H24N6O/c1-4-19(30-24-22-23(27-13-26-22)28-14-29-24)20-12-17-7-5-6-16(3)21(17)25(32)31(20)18-10-8-15(2)9-11-18/h5-14,19H,4H2,1-3H3,(H2,26,27,28,29,30)/t19-/m0/s1. The van der Waals surface area contributed by atoms with Crippen LogP contribution in [0.5, 0.6) is 0 Å². The Morgan fingerprint density at radius 3 is 2.66 bits per heavy atom. The third kappa shape index (κ3) is 3.32. The molecule has 2 aromatic carbocycles. The van der Waals surface area contributed by atoms with Crippen molar-refractivity contribution < 1.29 is 0 Å². The molecule has 0 aliphatic carbocycles. The van der Waals surface area contributed by atoms with Crippen LogP contribution in [0, 0.1) is 13.8 Å². The third-order valence-corrected chi connectivity index (χ3v) is 5.87. The number of pyridine rings is 1. The fourth-order valence-electron chi connectivity index (χ4n) is 4.20. The maximum absolute atomic E-state index is 13.8. The average molecular weight is 425 g/mol. The number of anilines is 1. The number of benzene rings is 2. The van der Waals surface area contributed by atoms with Gasteiger partial charge in [0.1, 0.15) is 11.8 Å². The molecule has 160 valence electrons. The van der Waals surface area contributed by atoms with E-state index in [4.69, 9.17) is 0 Å². The van der Waals surface area contributed by atoms with Crippen molar-refractivity contribution >= 4 is 27.8 Å². The zero-order valence-corrected chi connectivity index (χ0v) is 18.3. The minimum absolute atomic E-state index is 0.0194. The summed E-state index contributed by atoms with van der Waals surface area (Å²) in [5.41, 5.74) is 5.16. The summed E-state index contributed by atoms with van der Waals surface area (Å²) in [5, 5.41) is 5.19. The van der Waals surface area contributed by atoms with Gasteiger partial charge in [-0.15, -0.1) is 0 Å². The van der Waals surface area contributed by atoms with Crippen molar-refractivity contribution in [1.29, 1.82) is 0 Å². The minimum Gasteiger partial charge on any atom is -0.360 e. The quantitative estimate of drug-likeness (QED) is 0.422. The van der Waals surface area contributed by atoms with E-state index in [9.17, 15) is 4.79 Å². The lowest BCUT2D eigenvalue weighted by Gasteiger charge is -2.24. The molecule has 0 amide bonds. The van der Waals surface area contributed by atoms with Crippen LogP contribution in [-0.2, 0) is 0 Å². The zero-order valence-electron chi connectivity index (χ0n) is 18.3. The van der Waals surface area contributed by atoms with Crippen molar-refractivity contribution in [2.75, 3.05) is 5.32 Å². The molecule has 0 unspecified atom stereocenters. The van der Waals surface area contributed by atoms with E-state index in [-0.39, 0.29) is 11.6 Å². The number of H-pyrrole nitrogens is 1. The van der Waals surface area contributed by atoms with Gasteiger partial charge in [-0.3, -0.25) is 9.36 Å². The molecule has 7 nitrogen and oxygen atoms in total. The highest BCUT2D eigenvalue weighted by atomic mass is 16.1. The molecule has 0 bridgehead atoms. The molecule has 7 heteroatoms. The SMILES string of the molecule is CC[C@H](Nc1ncnc2nc[nH]c12)c1cc2cccc(C)c2c(=O)n1-c1ccc(C)cc1. The van der Waals surface area contributed by atoms with Crippen LogP contribution >= 0.6 is 0 Å². The molecule has 0 saturated carbocycles. The number of nitrogens with zero attached hydrogens (tertiary/aromatic N) is 4. The number of fused-ring (bicyclic) bond motifs is 2. The van der Waals surface area contributed by atoms with E-state index < -0.39 is 0 Å². The summed E-state index contributed by atoms with van der Waals surface area (Å²) < 4.78 is 1.82. The Labute approximate surface area is 185 Å². The van der Waals surface area contributed by atoms with Gasteiger partial charge in [0.05, 0.1) is 17.8 Å². The number of aryl methyl sites for hydroxylation is 2. The zero-order chi connectivity index (χ0) is 22.2. The van der Waals surface area contributed by atoms with Crippen LogP contribution in [0.15, 0.2) is 66.0 Å². The number of nitrogens with one attached hydrogen (secondary N) is 2. The van der Waals surface area contributed by atoms with Crippen LogP contribution < -0.4 is 10.9 Å². The molecule has 0 fully saturated rings. The molecule has 5 aromatic rings. The van der Waals surface area contributed by atoms with Gasteiger partial charge >= 0.3 is 0 Å². The topological polar surface area (TPSA) is 88.5 Å². The van der Waals surface area contributed by atoms with Crippen LogP contribution in [0.2, 0.25) is 0 Å². The van der Waals surface area contributed by atoms with Gasteiger partial charge in [-0.25, -0.2) is 15.0 Å². The predicted octanol–water partition coefficient (Wildman–Crippen LogP) is 4.84. The summed E-state index contributed by atoms with van der Waals surface area (Å²) >= 11 is 0. The van der Waals surface area contributed by atoms with E-state index in [0.29, 0.717) is 11.5 Å². The largest absolute Gasteiger partial charge is 0.360 e. The highest BCUT2D eigenvalue weighted by Crippen LogP contribution is 2.28. The molecule has 0 aliphatic heterocycles. The summed E-state index contributed by atoms with van der Waals surface area (Å²) in [6, 6.07) is 16.0. The maximum Gasteiger partial charge on any atom is 0.263 e. The molecule has 32 heavy (non-hydrogen) atoms. The summed E-state index contributed by atoms with van der Waals surface area (Å²) in [6.45, 7) is 6.11. The normalized spacial score (nSPS) is 12.3. The molecule has 0 saturated heterocycles. The van der Waals surface area contributed by atoms with E-state index in [1.807, 2.05) is 60.9 Å². The third-order valence-electron chi connectivity index (χ3n) is 5.87. The highest BCUT2D eigenvalue weighted by molar-refractivity contribution is 5.86. The van der Waals surface area contributed by atoms with Crippen LogP contribution in [0.3, 0.4) is 0 Å². The van der Waals surface area contributed by atoms with E-state index in [1.54, 1.807) is 6.33 Å². The molecular formula is C25H24N6O. The first kappa shape index (κ1) is 19.9. The van der Waals surface area contributed by atoms with Gasteiger partial charge in [0.25, 0.3) is 5.56 Å². The van der Waals surface area contributed by atoms with Crippen LogP contribution in [-0.4, -0.2) is 24.5 Å². The molecule has 5 rings (SSSR count). The van der Waals surface area contributed by atoms with Crippen LogP contribution in [0.1, 0.15) is 36.2 Å². The van der Waals surface area contributed by atoms with E-state index in [0.717, 1.165) is 45.2 Å². The van der Waals surface area contributed by atoms with Crippen molar-refractivity contribution in [2.24, 2.45) is 0 Å². The second-order valence-electron chi connectivity index (χ2n) is 8.01. The number of hydrogen-bond acceptors (Lipinski definition) is 5. The molecule has 0 aliphatic rings. The van der Waals surface area contributed by atoms with Crippen molar-refractivity contribution in [3.63, 3.8) is 0 Å². The second kappa shape index (κ2) is 7.92. The van der Waals surface area contributed by atoms with Crippen molar-refractivity contribution in [3.8, 4) is 5.69 Å². The van der Waals surface area contributed by atoms with Crippen LogP contribution in [0.25, 0.3) is 27.6 Å². The van der Waals surface area contributed by atoms with Gasteiger partial charge in [0.2, 0.25) is 0 Å². The van der Waals surface area contributed by atoms with Crippen LogP contribution in [0.4, 0.5) is 5.82 Å². The monoisotopic (exact) mass is 424 g/mol. The molecule has 0 radical (unpaired) electrons. The summed E-state index contributed by atoms with van der Waals surface area (Å²) in [7, 11) is 0. The Bertz CT molecular complexity index is 1480. The first-order valence-electron chi connectivity index (χ1n) is 10.7. The average Bonchev–Trinajstić information content (AvgIpc) is 3.28. The molecule has 3 heterocycles. The minimum atomic E-state index is -0.157. The van der Waals surface area contributed by atoms with E-state index >= 15 is 0 Å². The Balaban J connectivity index is 1.74. The Kier molecular flexibility index (Phi) is 4.93. The Morgan fingerprint density at radius 2 is 1.88 bits per heavy atom. The lowest BCUT2D eigenvalue weighted by Crippen LogP contribution is -2.27. The number of aromatic nitrogens is 5. The lowest BCUT2D eigenvalue weighted by molar-refractivity contribution is 0.688. The van der Waals surface area contributed by atoms with Crippen molar-refractivity contribution in [3.05, 3.63) is 88.4 Å².